The van der Waals surface area contributed by atoms with Gasteiger partial charge in [-0.25, -0.2) is 4.98 Å². The predicted octanol–water partition coefficient (Wildman–Crippen LogP) is 1.13. The smallest absolute Gasteiger partial charge is 0.218 e. The van der Waals surface area contributed by atoms with Crippen LogP contribution in [0.3, 0.4) is 0 Å². The molecule has 2 N–H and O–H groups in total. The summed E-state index contributed by atoms with van der Waals surface area (Å²) in [5, 5.41) is 6.82. The number of nitrogens with one attached hydrogen (secondary N) is 2. The molecule has 0 aromatic carbocycles. The van der Waals surface area contributed by atoms with E-state index in [0.717, 1.165) is 44.4 Å². The van der Waals surface area contributed by atoms with Gasteiger partial charge in [0.15, 0.2) is 5.96 Å². The van der Waals surface area contributed by atoms with E-state index < -0.39 is 0 Å². The molecule has 0 spiro atoms. The molecule has 2 heterocycles. The number of aromatic nitrogens is 1. The molecule has 0 bridgehead atoms. The normalized spacial score (nSPS) is 16.8. The summed E-state index contributed by atoms with van der Waals surface area (Å²) in [6, 6.07) is 4.35. The molecule has 1 unspecified atom stereocenters. The maximum Gasteiger partial charge on any atom is 0.218 e. The van der Waals surface area contributed by atoms with Gasteiger partial charge in [0.1, 0.15) is 6.61 Å². The second-order valence-corrected chi connectivity index (χ2v) is 7.08. The Balaban J connectivity index is 1.87. The maximum atomic E-state index is 5.70. The summed E-state index contributed by atoms with van der Waals surface area (Å²) in [6.45, 7) is 10.5. The monoisotopic (exact) mass is 393 g/mol. The van der Waals surface area contributed by atoms with Crippen molar-refractivity contribution in [3.8, 4) is 5.88 Å². The zero-order valence-corrected chi connectivity index (χ0v) is 17.6. The van der Waals surface area contributed by atoms with E-state index in [1.807, 2.05) is 12.1 Å². The van der Waals surface area contributed by atoms with Gasteiger partial charge < -0.3 is 24.8 Å². The van der Waals surface area contributed by atoms with E-state index in [1.54, 1.807) is 20.4 Å². The van der Waals surface area contributed by atoms with Crippen LogP contribution in [-0.4, -0.2) is 82.1 Å². The Morgan fingerprint density at radius 3 is 2.75 bits per heavy atom. The molecule has 1 aliphatic rings. The van der Waals surface area contributed by atoms with Crippen molar-refractivity contribution in [1.82, 2.24) is 20.5 Å². The molecule has 28 heavy (non-hydrogen) atoms. The Hall–Kier alpha value is -1.90. The van der Waals surface area contributed by atoms with E-state index in [9.17, 15) is 0 Å². The molecular weight excluding hydrogens is 358 g/mol. The molecule has 1 aliphatic heterocycles. The molecule has 0 aliphatic carbocycles. The van der Waals surface area contributed by atoms with E-state index >= 15 is 0 Å². The Labute approximate surface area is 168 Å². The van der Waals surface area contributed by atoms with Gasteiger partial charge in [0.05, 0.1) is 19.8 Å². The molecule has 8 heteroatoms. The third-order valence-corrected chi connectivity index (χ3v) is 4.81. The van der Waals surface area contributed by atoms with Crippen molar-refractivity contribution in [3.63, 3.8) is 0 Å². The van der Waals surface area contributed by atoms with Crippen molar-refractivity contribution in [2.75, 3.05) is 60.2 Å². The molecule has 1 atom stereocenters. The van der Waals surface area contributed by atoms with Crippen LogP contribution in [0.2, 0.25) is 0 Å². The van der Waals surface area contributed by atoms with Gasteiger partial charge in [0.25, 0.3) is 0 Å². The first-order chi connectivity index (χ1) is 13.7. The second-order valence-electron chi connectivity index (χ2n) is 7.08. The SMILES string of the molecule is CN=C(NCc1cccnc1OCCOC)NCC(C(C)C)N1CCOCC1. The standard InChI is InChI=1S/C20H35N5O3/c1-16(2)18(25-8-10-27-11-9-25)15-24-20(21-3)23-14-17-6-5-7-22-19(17)28-13-12-26-4/h5-7,16,18H,8-15H2,1-4H3,(H2,21,23,24). The maximum absolute atomic E-state index is 5.70. The zero-order chi connectivity index (χ0) is 20.2. The number of morpholine rings is 1. The number of ether oxygens (including phenoxy) is 3. The minimum absolute atomic E-state index is 0.439. The molecule has 1 aromatic rings. The predicted molar refractivity (Wildman–Crippen MR) is 111 cm³/mol. The topological polar surface area (TPSA) is 80.2 Å². The molecular formula is C20H35N5O3. The Morgan fingerprint density at radius 1 is 1.29 bits per heavy atom. The number of nitrogens with zero attached hydrogens (tertiary/aromatic N) is 3. The van der Waals surface area contributed by atoms with Crippen molar-refractivity contribution in [1.29, 1.82) is 0 Å². The van der Waals surface area contributed by atoms with Gasteiger partial charge in [-0.15, -0.1) is 0 Å². The molecule has 1 saturated heterocycles. The van der Waals surface area contributed by atoms with E-state index in [-0.39, 0.29) is 0 Å². The van der Waals surface area contributed by atoms with Gasteiger partial charge in [0.2, 0.25) is 5.88 Å². The summed E-state index contributed by atoms with van der Waals surface area (Å²) in [6.07, 6.45) is 1.73. The molecule has 1 fully saturated rings. The highest BCUT2D eigenvalue weighted by molar-refractivity contribution is 5.79. The zero-order valence-electron chi connectivity index (χ0n) is 17.6. The van der Waals surface area contributed by atoms with Crippen LogP contribution in [0.25, 0.3) is 0 Å². The van der Waals surface area contributed by atoms with Crippen LogP contribution < -0.4 is 15.4 Å². The second kappa shape index (κ2) is 12.5. The number of aliphatic imine (C=N–C) groups is 1. The van der Waals surface area contributed by atoms with Crippen LogP contribution in [-0.2, 0) is 16.0 Å². The Morgan fingerprint density at radius 2 is 2.07 bits per heavy atom. The average molecular weight is 394 g/mol. The average Bonchev–Trinajstić information content (AvgIpc) is 2.72. The number of methoxy groups -OCH3 is 1. The van der Waals surface area contributed by atoms with Gasteiger partial charge in [-0.05, 0) is 12.0 Å². The van der Waals surface area contributed by atoms with Crippen molar-refractivity contribution in [3.05, 3.63) is 23.9 Å². The van der Waals surface area contributed by atoms with Crippen LogP contribution in [0.5, 0.6) is 5.88 Å². The summed E-state index contributed by atoms with van der Waals surface area (Å²) in [5.41, 5.74) is 0.982. The highest BCUT2D eigenvalue weighted by Gasteiger charge is 2.23. The lowest BCUT2D eigenvalue weighted by Gasteiger charge is -2.37. The summed E-state index contributed by atoms with van der Waals surface area (Å²) >= 11 is 0. The van der Waals surface area contributed by atoms with E-state index in [4.69, 9.17) is 14.2 Å². The summed E-state index contributed by atoms with van der Waals surface area (Å²) in [5.74, 6) is 1.93. The number of guanidine groups is 1. The van der Waals surface area contributed by atoms with E-state index in [2.05, 4.69) is 39.4 Å². The first-order valence-corrected chi connectivity index (χ1v) is 9.97. The molecule has 158 valence electrons. The van der Waals surface area contributed by atoms with Gasteiger partial charge in [0, 0.05) is 58.1 Å². The Bertz CT molecular complexity index is 591. The van der Waals surface area contributed by atoms with Crippen LogP contribution in [0.1, 0.15) is 19.4 Å². The summed E-state index contributed by atoms with van der Waals surface area (Å²) in [7, 11) is 3.44. The van der Waals surface area contributed by atoms with E-state index in [0.29, 0.717) is 37.6 Å². The minimum Gasteiger partial charge on any atom is -0.475 e. The lowest BCUT2D eigenvalue weighted by atomic mass is 10.0. The fourth-order valence-electron chi connectivity index (χ4n) is 3.21. The highest BCUT2D eigenvalue weighted by atomic mass is 16.5. The lowest BCUT2D eigenvalue weighted by molar-refractivity contribution is 0.00752. The minimum atomic E-state index is 0.439. The van der Waals surface area contributed by atoms with Crippen molar-refractivity contribution >= 4 is 5.96 Å². The third kappa shape index (κ3) is 7.26. The molecule has 0 saturated carbocycles. The number of hydrogen-bond donors (Lipinski definition) is 2. The number of rotatable bonds is 10. The van der Waals surface area contributed by atoms with Crippen molar-refractivity contribution in [2.45, 2.75) is 26.4 Å². The summed E-state index contributed by atoms with van der Waals surface area (Å²) in [4.78, 5) is 11.2. The molecule has 8 nitrogen and oxygen atoms in total. The fourth-order valence-corrected chi connectivity index (χ4v) is 3.21. The quantitative estimate of drug-likeness (QED) is 0.350. The molecule has 0 amide bonds. The fraction of sp³-hybridized carbons (Fsp3) is 0.700. The van der Waals surface area contributed by atoms with Crippen LogP contribution >= 0.6 is 0 Å². The first kappa shape index (κ1) is 22.4. The van der Waals surface area contributed by atoms with Crippen molar-refractivity contribution in [2.24, 2.45) is 10.9 Å². The van der Waals surface area contributed by atoms with Gasteiger partial charge in [-0.2, -0.15) is 0 Å². The number of hydrogen-bond acceptors (Lipinski definition) is 6. The van der Waals surface area contributed by atoms with Crippen LogP contribution in [0.4, 0.5) is 0 Å². The lowest BCUT2D eigenvalue weighted by Crippen LogP contribution is -2.52. The Kier molecular flexibility index (Phi) is 10.0. The van der Waals surface area contributed by atoms with Gasteiger partial charge in [-0.1, -0.05) is 19.9 Å². The summed E-state index contributed by atoms with van der Waals surface area (Å²) < 4.78 is 16.2. The molecule has 1 aromatic heterocycles. The molecule has 0 radical (unpaired) electrons. The molecule has 2 rings (SSSR count). The van der Waals surface area contributed by atoms with E-state index in [1.165, 1.54) is 0 Å². The van der Waals surface area contributed by atoms with Crippen LogP contribution in [0.15, 0.2) is 23.3 Å². The highest BCUT2D eigenvalue weighted by Crippen LogP contribution is 2.14. The van der Waals surface area contributed by atoms with Crippen molar-refractivity contribution < 1.29 is 14.2 Å². The largest absolute Gasteiger partial charge is 0.475 e. The van der Waals surface area contributed by atoms with Gasteiger partial charge >= 0.3 is 0 Å². The first-order valence-electron chi connectivity index (χ1n) is 9.97. The third-order valence-electron chi connectivity index (χ3n) is 4.81. The van der Waals surface area contributed by atoms with Gasteiger partial charge in [-0.3, -0.25) is 9.89 Å². The van der Waals surface area contributed by atoms with Crippen LogP contribution in [0, 0.1) is 5.92 Å². The number of pyridine rings is 1.